The van der Waals surface area contributed by atoms with Crippen molar-refractivity contribution < 1.29 is 23.9 Å². The fourth-order valence-electron chi connectivity index (χ4n) is 4.46. The third kappa shape index (κ3) is 6.61. The van der Waals surface area contributed by atoms with Gasteiger partial charge in [0.1, 0.15) is 30.0 Å². The summed E-state index contributed by atoms with van der Waals surface area (Å²) < 4.78 is 10.6. The Morgan fingerprint density at radius 3 is 2.82 bits per heavy atom. The number of aldehydes is 1. The molecule has 5 rings (SSSR count). The molecule has 0 saturated carbocycles. The molecule has 1 unspecified atom stereocenters. The molecule has 12 heteroatoms. The zero-order chi connectivity index (χ0) is 27.1. The Morgan fingerprint density at radius 1 is 1.34 bits per heavy atom. The van der Waals surface area contributed by atoms with Crippen LogP contribution in [0.1, 0.15) is 53.4 Å². The Balaban J connectivity index is 0.000000494. The van der Waals surface area contributed by atoms with Crippen LogP contribution in [0.25, 0.3) is 0 Å². The number of nitriles is 1. The van der Waals surface area contributed by atoms with Crippen molar-refractivity contribution in [3.8, 4) is 6.07 Å². The molecule has 2 aromatic rings. The fourth-order valence-corrected chi connectivity index (χ4v) is 4.68. The highest BCUT2D eigenvalue weighted by atomic mass is 32.1. The van der Waals surface area contributed by atoms with E-state index in [9.17, 15) is 14.4 Å². The van der Waals surface area contributed by atoms with E-state index >= 15 is 0 Å². The third-order valence-corrected chi connectivity index (χ3v) is 6.85. The average Bonchev–Trinajstić information content (AvgIpc) is 3.40. The van der Waals surface area contributed by atoms with Crippen molar-refractivity contribution in [3.05, 3.63) is 45.2 Å². The maximum absolute atomic E-state index is 12.9. The van der Waals surface area contributed by atoms with Gasteiger partial charge in [0, 0.05) is 38.0 Å². The van der Waals surface area contributed by atoms with Crippen LogP contribution in [0.3, 0.4) is 0 Å². The predicted octanol–water partition coefficient (Wildman–Crippen LogP) is 3.35. The lowest BCUT2D eigenvalue weighted by atomic mass is 10.0. The van der Waals surface area contributed by atoms with Crippen LogP contribution in [0.4, 0.5) is 16.4 Å². The zero-order valence-corrected chi connectivity index (χ0v) is 22.0. The van der Waals surface area contributed by atoms with E-state index in [-0.39, 0.29) is 24.8 Å². The first-order chi connectivity index (χ1) is 18.4. The topological polar surface area (TPSA) is 141 Å². The molecule has 0 aromatic carbocycles. The molecular weight excluding hydrogens is 508 g/mol. The molecule has 3 aliphatic rings. The Kier molecular flexibility index (Phi) is 9.17. The molecule has 2 fully saturated rings. The number of amides is 3. The monoisotopic (exact) mass is 538 g/mol. The van der Waals surface area contributed by atoms with Crippen LogP contribution in [0, 0.1) is 15.8 Å². The molecule has 5 heterocycles. The van der Waals surface area contributed by atoms with Gasteiger partial charge in [-0.2, -0.15) is 5.26 Å². The molecule has 3 amide bonds. The number of H-pyrrole nitrogens is 1. The normalized spacial score (nSPS) is 18.6. The highest BCUT2D eigenvalue weighted by molar-refractivity contribution is 7.71. The molecule has 200 valence electrons. The summed E-state index contributed by atoms with van der Waals surface area (Å²) in [6.45, 7) is 4.74. The molecule has 11 nitrogen and oxygen atoms in total. The number of aromatic nitrogens is 2. The van der Waals surface area contributed by atoms with E-state index < -0.39 is 6.03 Å². The highest BCUT2D eigenvalue weighted by Gasteiger charge is 2.27. The maximum Gasteiger partial charge on any atom is 0.328 e. The molecule has 2 N–H and O–H groups in total. The van der Waals surface area contributed by atoms with Gasteiger partial charge in [-0.05, 0) is 50.3 Å². The first-order valence-electron chi connectivity index (χ1n) is 12.6. The molecule has 38 heavy (non-hydrogen) atoms. The lowest BCUT2D eigenvalue weighted by Gasteiger charge is -2.30. The molecule has 0 bridgehead atoms. The zero-order valence-electron chi connectivity index (χ0n) is 21.2. The number of morpholine rings is 1. The van der Waals surface area contributed by atoms with E-state index in [1.807, 2.05) is 12.1 Å². The number of nitrogens with one attached hydrogen (secondary N) is 2. The number of nitrogens with zero attached hydrogens (tertiary/aromatic N) is 4. The van der Waals surface area contributed by atoms with E-state index in [2.05, 4.69) is 22.2 Å². The van der Waals surface area contributed by atoms with Crippen molar-refractivity contribution in [1.82, 2.24) is 14.9 Å². The SMILES string of the molecule is CC1CCCO1.N#Cc1c[nH]c(NC(=O)N2CCCc3cc(CN4CCOCC4=O)c(C=O)nc32)cc1=S. The number of pyridine rings is 2. The number of carbonyl (C=O) groups is 3. The van der Waals surface area contributed by atoms with Crippen LogP contribution in [0.5, 0.6) is 0 Å². The molecule has 2 saturated heterocycles. The number of urea groups is 1. The van der Waals surface area contributed by atoms with Crippen molar-refractivity contribution in [2.45, 2.75) is 45.3 Å². The van der Waals surface area contributed by atoms with E-state index in [1.54, 1.807) is 4.90 Å². The van der Waals surface area contributed by atoms with Gasteiger partial charge in [-0.15, -0.1) is 0 Å². The predicted molar refractivity (Wildman–Crippen MR) is 142 cm³/mol. The number of aromatic amines is 1. The Bertz CT molecular complexity index is 1300. The second-order valence-electron chi connectivity index (χ2n) is 9.25. The fraction of sp³-hybridized carbons (Fsp3) is 0.462. The second-order valence-corrected chi connectivity index (χ2v) is 9.69. The average molecular weight is 539 g/mol. The largest absolute Gasteiger partial charge is 0.379 e. The van der Waals surface area contributed by atoms with E-state index in [1.165, 1.54) is 30.0 Å². The van der Waals surface area contributed by atoms with Gasteiger partial charge in [0.25, 0.3) is 0 Å². The number of rotatable bonds is 4. The van der Waals surface area contributed by atoms with Crippen molar-refractivity contribution in [2.75, 3.05) is 43.1 Å². The van der Waals surface area contributed by atoms with Crippen LogP contribution in [-0.4, -0.2) is 72.1 Å². The molecular formula is C26H30N6O5S. The van der Waals surface area contributed by atoms with E-state index in [0.717, 1.165) is 18.6 Å². The number of hydrogen-bond donors (Lipinski definition) is 2. The minimum absolute atomic E-state index is 0.0289. The van der Waals surface area contributed by atoms with Crippen molar-refractivity contribution >= 4 is 42.1 Å². The van der Waals surface area contributed by atoms with Crippen LogP contribution >= 0.6 is 12.2 Å². The van der Waals surface area contributed by atoms with Crippen LogP contribution in [0.15, 0.2) is 18.3 Å². The number of anilines is 2. The van der Waals surface area contributed by atoms with Gasteiger partial charge < -0.3 is 19.4 Å². The summed E-state index contributed by atoms with van der Waals surface area (Å²) in [5.74, 6) is 0.635. The first-order valence-corrected chi connectivity index (χ1v) is 13.0. The van der Waals surface area contributed by atoms with Crippen LogP contribution in [-0.2, 0) is 27.2 Å². The summed E-state index contributed by atoms with van der Waals surface area (Å²) in [5.41, 5.74) is 1.98. The molecule has 2 aromatic heterocycles. The number of aryl methyl sites for hydroxylation is 1. The van der Waals surface area contributed by atoms with Gasteiger partial charge in [-0.3, -0.25) is 19.8 Å². The lowest BCUT2D eigenvalue weighted by Crippen LogP contribution is -2.42. The second kappa shape index (κ2) is 12.7. The summed E-state index contributed by atoms with van der Waals surface area (Å²) >= 11 is 5.14. The molecule has 3 aliphatic heterocycles. The summed E-state index contributed by atoms with van der Waals surface area (Å²) in [6, 6.07) is 4.89. The maximum atomic E-state index is 12.9. The van der Waals surface area contributed by atoms with Gasteiger partial charge in [0.05, 0.1) is 22.8 Å². The summed E-state index contributed by atoms with van der Waals surface area (Å²) in [5, 5.41) is 11.7. The highest BCUT2D eigenvalue weighted by Crippen LogP contribution is 2.28. The molecule has 0 spiro atoms. The number of carbonyl (C=O) groups excluding carboxylic acids is 3. The molecule has 0 aliphatic carbocycles. The number of hydrogen-bond acceptors (Lipinski definition) is 8. The van der Waals surface area contributed by atoms with Crippen molar-refractivity contribution in [3.63, 3.8) is 0 Å². The van der Waals surface area contributed by atoms with Gasteiger partial charge >= 0.3 is 6.03 Å². The Labute approximate surface area is 225 Å². The minimum atomic E-state index is -0.429. The quantitative estimate of drug-likeness (QED) is 0.446. The van der Waals surface area contributed by atoms with Crippen molar-refractivity contribution in [1.29, 1.82) is 5.26 Å². The van der Waals surface area contributed by atoms with Crippen LogP contribution in [0.2, 0.25) is 0 Å². The van der Waals surface area contributed by atoms with Crippen LogP contribution < -0.4 is 10.2 Å². The number of fused-ring (bicyclic) bond motifs is 1. The Morgan fingerprint density at radius 2 is 2.18 bits per heavy atom. The molecule has 0 radical (unpaired) electrons. The van der Waals surface area contributed by atoms with E-state index in [0.29, 0.717) is 65.8 Å². The van der Waals surface area contributed by atoms with Gasteiger partial charge in [0.15, 0.2) is 6.29 Å². The van der Waals surface area contributed by atoms with Crippen molar-refractivity contribution in [2.24, 2.45) is 0 Å². The smallest absolute Gasteiger partial charge is 0.328 e. The summed E-state index contributed by atoms with van der Waals surface area (Å²) in [7, 11) is 0. The standard InChI is InChI=1S/C21H20N6O4S.C5H10O/c22-8-15-9-23-18(7-17(15)32)25-21(30)27-3-1-2-13-6-14(16(11-28)24-20(13)27)10-26-4-5-31-12-19(26)29;1-5-3-2-4-6-5/h6-7,9,11H,1-5,10,12H2,(H2,23,25,30,32);5H,2-4H2,1H3. The summed E-state index contributed by atoms with van der Waals surface area (Å²) in [4.78, 5) is 47.2. The van der Waals surface area contributed by atoms with E-state index in [4.69, 9.17) is 27.0 Å². The Hall–Kier alpha value is -3.66. The van der Waals surface area contributed by atoms with Gasteiger partial charge in [-0.25, -0.2) is 9.78 Å². The third-order valence-electron chi connectivity index (χ3n) is 6.51. The minimum Gasteiger partial charge on any atom is -0.379 e. The van der Waals surface area contributed by atoms with Gasteiger partial charge in [-0.1, -0.05) is 12.2 Å². The lowest BCUT2D eigenvalue weighted by molar-refractivity contribution is -0.143. The van der Waals surface area contributed by atoms with Gasteiger partial charge in [0.2, 0.25) is 5.91 Å². The summed E-state index contributed by atoms with van der Waals surface area (Å²) in [6.07, 6.45) is 6.58. The molecule has 1 atom stereocenters. The number of ether oxygens (including phenoxy) is 2. The first kappa shape index (κ1) is 27.4.